The molecule has 1 fully saturated rings. The van der Waals surface area contributed by atoms with Crippen LogP contribution in [0.3, 0.4) is 0 Å². The summed E-state index contributed by atoms with van der Waals surface area (Å²) in [6, 6.07) is 0. The van der Waals surface area contributed by atoms with Gasteiger partial charge in [0.2, 0.25) is 5.91 Å². The van der Waals surface area contributed by atoms with Crippen LogP contribution >= 0.6 is 0 Å². The van der Waals surface area contributed by atoms with Crippen LogP contribution in [-0.2, 0) is 9.53 Å². The van der Waals surface area contributed by atoms with Crippen LogP contribution < -0.4 is 0 Å². The number of nitrogens with zero attached hydrogens (tertiary/aromatic N) is 1. The maximum Gasteiger partial charge on any atom is 0.222 e. The minimum absolute atomic E-state index is 0.327. The van der Waals surface area contributed by atoms with Crippen LogP contribution in [0.2, 0.25) is 0 Å². The van der Waals surface area contributed by atoms with Crippen LogP contribution in [-0.4, -0.2) is 37.1 Å². The van der Waals surface area contributed by atoms with E-state index in [-0.39, 0.29) is 0 Å². The van der Waals surface area contributed by atoms with Gasteiger partial charge in [-0.3, -0.25) is 4.79 Å². The van der Waals surface area contributed by atoms with E-state index in [1.807, 2.05) is 4.90 Å². The first-order valence-corrected chi connectivity index (χ1v) is 9.55. The lowest BCUT2D eigenvalue weighted by atomic mass is 10.0. The molecule has 0 aromatic heterocycles. The molecule has 0 radical (unpaired) electrons. The molecule has 0 aromatic rings. The molecule has 0 unspecified atom stereocenters. The molecule has 130 valence electrons. The van der Waals surface area contributed by atoms with Gasteiger partial charge < -0.3 is 9.64 Å². The average molecular weight is 312 g/mol. The summed E-state index contributed by atoms with van der Waals surface area (Å²) >= 11 is 0. The van der Waals surface area contributed by atoms with Crippen molar-refractivity contribution in [3.63, 3.8) is 0 Å². The molecule has 1 aliphatic heterocycles. The van der Waals surface area contributed by atoms with Crippen molar-refractivity contribution in [2.45, 2.75) is 84.5 Å². The smallest absolute Gasteiger partial charge is 0.222 e. The van der Waals surface area contributed by atoms with Crippen molar-refractivity contribution in [2.75, 3.05) is 26.3 Å². The molecule has 1 saturated heterocycles. The lowest BCUT2D eigenvalue weighted by Gasteiger charge is -2.26. The molecular formula is C19H37NO2. The van der Waals surface area contributed by atoms with E-state index in [9.17, 15) is 4.79 Å². The predicted octanol–water partition coefficient (Wildman–Crippen LogP) is 4.79. The van der Waals surface area contributed by atoms with Crippen molar-refractivity contribution < 1.29 is 9.53 Å². The maximum absolute atomic E-state index is 12.0. The number of carbonyl (C=O) groups is 1. The van der Waals surface area contributed by atoms with Gasteiger partial charge in [-0.2, -0.15) is 0 Å². The maximum atomic E-state index is 12.0. The zero-order valence-corrected chi connectivity index (χ0v) is 14.9. The number of rotatable bonds is 12. The summed E-state index contributed by atoms with van der Waals surface area (Å²) < 4.78 is 5.27. The molecule has 1 heterocycles. The number of unbranched alkanes of at least 4 members (excludes halogenated alkanes) is 8. The number of carbonyl (C=O) groups excluding carboxylic acids is 1. The Balaban J connectivity index is 1.80. The third kappa shape index (κ3) is 10.2. The van der Waals surface area contributed by atoms with Crippen LogP contribution in [0.5, 0.6) is 0 Å². The van der Waals surface area contributed by atoms with Gasteiger partial charge in [-0.1, -0.05) is 71.6 Å². The highest BCUT2D eigenvalue weighted by Crippen LogP contribution is 2.13. The van der Waals surface area contributed by atoms with Gasteiger partial charge in [-0.25, -0.2) is 0 Å². The van der Waals surface area contributed by atoms with E-state index in [0.717, 1.165) is 31.8 Å². The predicted molar refractivity (Wildman–Crippen MR) is 93.0 cm³/mol. The summed E-state index contributed by atoms with van der Waals surface area (Å²) in [5.74, 6) is 1.19. The lowest BCUT2D eigenvalue weighted by molar-refractivity contribution is -0.135. The van der Waals surface area contributed by atoms with E-state index in [2.05, 4.69) is 13.8 Å². The van der Waals surface area contributed by atoms with Crippen LogP contribution in [0.25, 0.3) is 0 Å². The van der Waals surface area contributed by atoms with Gasteiger partial charge in [0.1, 0.15) is 0 Å². The van der Waals surface area contributed by atoms with Gasteiger partial charge in [0, 0.05) is 19.5 Å². The summed E-state index contributed by atoms with van der Waals surface area (Å²) in [7, 11) is 0. The molecule has 0 spiro atoms. The monoisotopic (exact) mass is 311 g/mol. The fourth-order valence-corrected chi connectivity index (χ4v) is 3.04. The van der Waals surface area contributed by atoms with E-state index < -0.39 is 0 Å². The summed E-state index contributed by atoms with van der Waals surface area (Å²) in [6.07, 6.45) is 14.0. The van der Waals surface area contributed by atoms with Gasteiger partial charge >= 0.3 is 0 Å². The van der Waals surface area contributed by atoms with Gasteiger partial charge in [0.25, 0.3) is 0 Å². The first kappa shape index (κ1) is 19.5. The van der Waals surface area contributed by atoms with E-state index in [4.69, 9.17) is 4.74 Å². The first-order valence-electron chi connectivity index (χ1n) is 9.55. The molecule has 0 bridgehead atoms. The number of hydrogen-bond acceptors (Lipinski definition) is 2. The second-order valence-corrected chi connectivity index (χ2v) is 7.11. The molecule has 1 rings (SSSR count). The van der Waals surface area contributed by atoms with Crippen molar-refractivity contribution in [1.82, 2.24) is 4.90 Å². The SMILES string of the molecule is CC(C)CCCCCCCCCCCC(=O)N1CCOCC1. The summed E-state index contributed by atoms with van der Waals surface area (Å²) in [6.45, 7) is 7.62. The van der Waals surface area contributed by atoms with Crippen LogP contribution in [0.1, 0.15) is 84.5 Å². The average Bonchev–Trinajstić information content (AvgIpc) is 2.53. The minimum Gasteiger partial charge on any atom is -0.378 e. The molecule has 0 aliphatic carbocycles. The van der Waals surface area contributed by atoms with Crippen LogP contribution in [0, 0.1) is 5.92 Å². The molecule has 0 aromatic carbocycles. The molecule has 1 amide bonds. The van der Waals surface area contributed by atoms with Crippen molar-refractivity contribution >= 4 is 5.91 Å². The second-order valence-electron chi connectivity index (χ2n) is 7.11. The Morgan fingerprint density at radius 3 is 1.91 bits per heavy atom. The zero-order valence-electron chi connectivity index (χ0n) is 14.9. The molecule has 0 N–H and O–H groups in total. The summed E-state index contributed by atoms with van der Waals surface area (Å²) in [4.78, 5) is 13.9. The molecule has 22 heavy (non-hydrogen) atoms. The summed E-state index contributed by atoms with van der Waals surface area (Å²) in [5.41, 5.74) is 0. The van der Waals surface area contributed by atoms with E-state index in [0.29, 0.717) is 19.1 Å². The highest BCUT2D eigenvalue weighted by molar-refractivity contribution is 5.76. The minimum atomic E-state index is 0.327. The van der Waals surface area contributed by atoms with Crippen molar-refractivity contribution in [2.24, 2.45) is 5.92 Å². The van der Waals surface area contributed by atoms with Gasteiger partial charge in [0.15, 0.2) is 0 Å². The molecule has 3 nitrogen and oxygen atoms in total. The van der Waals surface area contributed by atoms with Crippen LogP contribution in [0.15, 0.2) is 0 Å². The molecule has 0 saturated carbocycles. The number of amides is 1. The number of ether oxygens (including phenoxy) is 1. The Bertz CT molecular complexity index is 273. The first-order chi connectivity index (χ1) is 10.7. The highest BCUT2D eigenvalue weighted by Gasteiger charge is 2.15. The van der Waals surface area contributed by atoms with Gasteiger partial charge in [-0.05, 0) is 12.3 Å². The fraction of sp³-hybridized carbons (Fsp3) is 0.947. The Labute approximate surface area is 137 Å². The molecule has 3 heteroatoms. The molecular weight excluding hydrogens is 274 g/mol. The Morgan fingerprint density at radius 2 is 1.36 bits per heavy atom. The van der Waals surface area contributed by atoms with E-state index in [1.54, 1.807) is 0 Å². The normalized spacial score (nSPS) is 15.5. The van der Waals surface area contributed by atoms with Crippen molar-refractivity contribution in [3.05, 3.63) is 0 Å². The van der Waals surface area contributed by atoms with Gasteiger partial charge in [0.05, 0.1) is 13.2 Å². The standard InChI is InChI=1S/C19H37NO2/c1-18(2)12-10-8-6-4-3-5-7-9-11-13-19(21)20-14-16-22-17-15-20/h18H,3-17H2,1-2H3. The van der Waals surface area contributed by atoms with Crippen molar-refractivity contribution in [1.29, 1.82) is 0 Å². The Morgan fingerprint density at radius 1 is 0.864 bits per heavy atom. The largest absolute Gasteiger partial charge is 0.378 e. The Hall–Kier alpha value is -0.570. The van der Waals surface area contributed by atoms with Crippen molar-refractivity contribution in [3.8, 4) is 0 Å². The number of morpholine rings is 1. The van der Waals surface area contributed by atoms with E-state index >= 15 is 0 Å². The second kappa shape index (κ2) is 12.9. The molecule has 1 aliphatic rings. The topological polar surface area (TPSA) is 29.5 Å². The zero-order chi connectivity index (χ0) is 16.0. The van der Waals surface area contributed by atoms with Gasteiger partial charge in [-0.15, -0.1) is 0 Å². The summed E-state index contributed by atoms with van der Waals surface area (Å²) in [5, 5.41) is 0. The van der Waals surface area contributed by atoms with E-state index in [1.165, 1.54) is 57.8 Å². The van der Waals surface area contributed by atoms with Crippen LogP contribution in [0.4, 0.5) is 0 Å². The lowest BCUT2D eigenvalue weighted by Crippen LogP contribution is -2.40. The highest BCUT2D eigenvalue weighted by atomic mass is 16.5. The fourth-order valence-electron chi connectivity index (χ4n) is 3.04. The molecule has 0 atom stereocenters. The third-order valence-electron chi connectivity index (χ3n) is 4.54. The quantitative estimate of drug-likeness (QED) is 0.485. The third-order valence-corrected chi connectivity index (χ3v) is 4.54. The Kier molecular flexibility index (Phi) is 11.4. The number of hydrogen-bond donors (Lipinski definition) is 0.